The third kappa shape index (κ3) is 6.44. The van der Waals surface area contributed by atoms with Crippen LogP contribution in [0, 0.1) is 11.8 Å². The first-order chi connectivity index (χ1) is 15.5. The maximum absolute atomic E-state index is 13.0. The highest BCUT2D eigenvalue weighted by Crippen LogP contribution is 2.36. The number of halogens is 1. The molecule has 2 rings (SSSR count). The summed E-state index contributed by atoms with van der Waals surface area (Å²) in [5, 5.41) is 3.06. The van der Waals surface area contributed by atoms with Crippen molar-refractivity contribution in [1.29, 1.82) is 0 Å². The second-order valence-electron chi connectivity index (χ2n) is 8.51. The number of anilines is 3. The molecule has 0 saturated carbocycles. The van der Waals surface area contributed by atoms with Gasteiger partial charge in [0.05, 0.1) is 31.5 Å². The second kappa shape index (κ2) is 11.1. The number of ether oxygens (including phenoxy) is 2. The number of carbonyl (C=O) groups is 1. The number of benzene rings is 1. The number of H-pyrrole nitrogens is 1. The number of nitrogens with one attached hydrogen (secondary N) is 2. The number of amides is 1. The van der Waals surface area contributed by atoms with Crippen LogP contribution in [0.25, 0.3) is 0 Å². The van der Waals surface area contributed by atoms with Crippen molar-refractivity contribution in [3.05, 3.63) is 38.0 Å². The van der Waals surface area contributed by atoms with E-state index in [-0.39, 0.29) is 29.9 Å². The summed E-state index contributed by atoms with van der Waals surface area (Å²) in [6.07, 6.45) is 0. The largest absolute Gasteiger partial charge is 0.495 e. The molecule has 4 N–H and O–H groups in total. The lowest BCUT2D eigenvalue weighted by atomic mass is 10.2. The van der Waals surface area contributed by atoms with Gasteiger partial charge in [0.25, 0.3) is 5.56 Å². The number of aromatic amines is 1. The molecule has 11 heteroatoms. The van der Waals surface area contributed by atoms with Crippen LogP contribution in [0.5, 0.6) is 11.5 Å². The molecule has 1 heterocycles. The zero-order valence-corrected chi connectivity index (χ0v) is 20.6. The Kier molecular flexibility index (Phi) is 8.81. The van der Waals surface area contributed by atoms with Crippen LogP contribution in [0.3, 0.4) is 0 Å². The molecule has 0 spiro atoms. The minimum absolute atomic E-state index is 0.0240. The average Bonchev–Trinajstić information content (AvgIpc) is 2.70. The Morgan fingerprint density at radius 2 is 1.79 bits per heavy atom. The number of nitrogen functional groups attached to an aromatic ring is 1. The number of methoxy groups -OCH3 is 2. The molecule has 0 aliphatic carbocycles. The Balaban J connectivity index is 2.42. The van der Waals surface area contributed by atoms with Crippen molar-refractivity contribution in [3.8, 4) is 11.5 Å². The Morgan fingerprint density at radius 3 is 2.33 bits per heavy atom. The van der Waals surface area contributed by atoms with Gasteiger partial charge in [0.15, 0.2) is 0 Å². The number of hydrogen-bond acceptors (Lipinski definition) is 7. The van der Waals surface area contributed by atoms with Crippen LogP contribution in [-0.4, -0.2) is 42.8 Å². The van der Waals surface area contributed by atoms with Gasteiger partial charge in [-0.15, -0.1) is 0 Å². The molecule has 0 unspecified atom stereocenters. The van der Waals surface area contributed by atoms with Crippen LogP contribution in [0.2, 0.25) is 5.02 Å². The van der Waals surface area contributed by atoms with E-state index < -0.39 is 17.2 Å². The fourth-order valence-corrected chi connectivity index (χ4v) is 3.67. The number of rotatable bonds is 10. The lowest BCUT2D eigenvalue weighted by Gasteiger charge is -2.27. The van der Waals surface area contributed by atoms with Crippen molar-refractivity contribution in [1.82, 2.24) is 9.55 Å². The van der Waals surface area contributed by atoms with Gasteiger partial charge in [-0.25, -0.2) is 4.79 Å². The Morgan fingerprint density at radius 1 is 1.15 bits per heavy atom. The number of carbonyl (C=O) groups excluding carboxylic acids is 1. The van der Waals surface area contributed by atoms with Gasteiger partial charge < -0.3 is 25.4 Å². The van der Waals surface area contributed by atoms with Gasteiger partial charge in [-0.1, -0.05) is 39.3 Å². The Labute approximate surface area is 197 Å². The van der Waals surface area contributed by atoms with Crippen LogP contribution in [0.1, 0.15) is 27.7 Å². The topological polar surface area (TPSA) is 132 Å². The molecule has 1 amide bonds. The summed E-state index contributed by atoms with van der Waals surface area (Å²) in [5.41, 5.74) is 5.46. The lowest BCUT2D eigenvalue weighted by molar-refractivity contribution is -0.115. The molecule has 0 atom stereocenters. The van der Waals surface area contributed by atoms with Crippen LogP contribution >= 0.6 is 11.6 Å². The van der Waals surface area contributed by atoms with Crippen molar-refractivity contribution in [2.45, 2.75) is 34.2 Å². The molecule has 10 nitrogen and oxygen atoms in total. The van der Waals surface area contributed by atoms with Crippen molar-refractivity contribution < 1.29 is 14.3 Å². The van der Waals surface area contributed by atoms with Crippen molar-refractivity contribution >= 4 is 34.7 Å². The fraction of sp³-hybridized carbons (Fsp3) is 0.500. The van der Waals surface area contributed by atoms with Gasteiger partial charge in [0.2, 0.25) is 5.91 Å². The van der Waals surface area contributed by atoms with E-state index in [0.717, 1.165) is 0 Å². The van der Waals surface area contributed by atoms with E-state index in [2.05, 4.69) is 10.3 Å². The standard InChI is InChI=1S/C22H32ClN5O5/c1-12(2)9-27(19-20(24)28(10-13(3)4)22(31)26-21(19)30)11-18(29)25-15-7-14(23)16(32-5)8-17(15)33-6/h7-8,12-13H,9-11,24H2,1-6H3,(H,25,29)(H,26,30,31). The van der Waals surface area contributed by atoms with Gasteiger partial charge in [-0.3, -0.25) is 19.1 Å². The zero-order valence-electron chi connectivity index (χ0n) is 19.8. The first-order valence-electron chi connectivity index (χ1n) is 10.6. The van der Waals surface area contributed by atoms with E-state index in [9.17, 15) is 14.4 Å². The van der Waals surface area contributed by atoms with Gasteiger partial charge in [0, 0.05) is 19.2 Å². The average molecular weight is 482 g/mol. The summed E-state index contributed by atoms with van der Waals surface area (Å²) < 4.78 is 11.8. The number of aromatic nitrogens is 2. The predicted octanol–water partition coefficient (Wildman–Crippen LogP) is 2.55. The summed E-state index contributed by atoms with van der Waals surface area (Å²) in [6.45, 7) is 8.28. The lowest BCUT2D eigenvalue weighted by Crippen LogP contribution is -2.43. The van der Waals surface area contributed by atoms with Crippen LogP contribution in [0.4, 0.5) is 17.2 Å². The van der Waals surface area contributed by atoms with E-state index in [1.807, 2.05) is 27.7 Å². The maximum atomic E-state index is 13.0. The molecule has 0 aliphatic rings. The van der Waals surface area contributed by atoms with Gasteiger partial charge in [0.1, 0.15) is 23.0 Å². The highest BCUT2D eigenvalue weighted by atomic mass is 35.5. The third-order valence-electron chi connectivity index (χ3n) is 4.75. The molecule has 0 bridgehead atoms. The highest BCUT2D eigenvalue weighted by molar-refractivity contribution is 6.32. The summed E-state index contributed by atoms with van der Waals surface area (Å²) in [7, 11) is 2.94. The summed E-state index contributed by atoms with van der Waals surface area (Å²) >= 11 is 6.19. The minimum Gasteiger partial charge on any atom is -0.495 e. The first kappa shape index (κ1) is 26.1. The summed E-state index contributed by atoms with van der Waals surface area (Å²) in [5.74, 6) is 0.596. The number of nitrogens with two attached hydrogens (primary N) is 1. The SMILES string of the molecule is COc1cc(OC)c(NC(=O)CN(CC(C)C)c2c(N)n(CC(C)C)c(=O)[nH]c2=O)cc1Cl. The normalized spacial score (nSPS) is 11.1. The molecule has 33 heavy (non-hydrogen) atoms. The van der Waals surface area contributed by atoms with Gasteiger partial charge >= 0.3 is 5.69 Å². The van der Waals surface area contributed by atoms with E-state index in [0.29, 0.717) is 35.3 Å². The molecule has 1 aromatic heterocycles. The summed E-state index contributed by atoms with van der Waals surface area (Å²) in [4.78, 5) is 41.9. The van der Waals surface area contributed by atoms with Crippen LogP contribution < -0.4 is 36.7 Å². The molecule has 0 aliphatic heterocycles. The zero-order chi connectivity index (χ0) is 24.9. The fourth-order valence-electron chi connectivity index (χ4n) is 3.43. The van der Waals surface area contributed by atoms with Crippen molar-refractivity contribution in [3.63, 3.8) is 0 Å². The van der Waals surface area contributed by atoms with Crippen molar-refractivity contribution in [2.75, 3.05) is 43.3 Å². The third-order valence-corrected chi connectivity index (χ3v) is 5.04. The molecule has 0 saturated heterocycles. The highest BCUT2D eigenvalue weighted by Gasteiger charge is 2.23. The number of nitrogens with zero attached hydrogens (tertiary/aromatic N) is 2. The quantitative estimate of drug-likeness (QED) is 0.475. The second-order valence-corrected chi connectivity index (χ2v) is 8.91. The Hall–Kier alpha value is -3.14. The smallest absolute Gasteiger partial charge is 0.330 e. The van der Waals surface area contributed by atoms with E-state index in [1.54, 1.807) is 11.0 Å². The van der Waals surface area contributed by atoms with Crippen LogP contribution in [0.15, 0.2) is 21.7 Å². The van der Waals surface area contributed by atoms with Gasteiger partial charge in [-0.05, 0) is 17.9 Å². The Bertz CT molecular complexity index is 1110. The molecular formula is C22H32ClN5O5. The predicted molar refractivity (Wildman–Crippen MR) is 131 cm³/mol. The first-order valence-corrected chi connectivity index (χ1v) is 10.9. The molecule has 0 radical (unpaired) electrons. The van der Waals surface area contributed by atoms with Crippen molar-refractivity contribution in [2.24, 2.45) is 11.8 Å². The molecular weight excluding hydrogens is 450 g/mol. The molecule has 1 aromatic carbocycles. The van der Waals surface area contributed by atoms with E-state index >= 15 is 0 Å². The number of hydrogen-bond donors (Lipinski definition) is 3. The molecule has 2 aromatic rings. The molecule has 182 valence electrons. The monoisotopic (exact) mass is 481 g/mol. The van der Waals surface area contributed by atoms with E-state index in [1.165, 1.54) is 24.9 Å². The van der Waals surface area contributed by atoms with Crippen LogP contribution in [-0.2, 0) is 11.3 Å². The van der Waals surface area contributed by atoms with Gasteiger partial charge in [-0.2, -0.15) is 0 Å². The molecule has 0 fully saturated rings. The van der Waals surface area contributed by atoms with E-state index in [4.69, 9.17) is 26.8 Å². The maximum Gasteiger partial charge on any atom is 0.330 e. The summed E-state index contributed by atoms with van der Waals surface area (Å²) in [6, 6.07) is 3.09. The minimum atomic E-state index is -0.643.